The molecule has 12 heteroatoms. The lowest BCUT2D eigenvalue weighted by molar-refractivity contribution is -0.128. The second-order valence-electron chi connectivity index (χ2n) is 6.32. The molecule has 0 aliphatic carbocycles. The van der Waals surface area contributed by atoms with E-state index in [1.54, 1.807) is 19.6 Å². The van der Waals surface area contributed by atoms with Gasteiger partial charge in [0.25, 0.3) is 0 Å². The van der Waals surface area contributed by atoms with Gasteiger partial charge in [0.05, 0.1) is 31.2 Å². The fourth-order valence-electron chi connectivity index (χ4n) is 2.01. The predicted molar refractivity (Wildman–Crippen MR) is 120 cm³/mol. The molecule has 0 aromatic carbocycles. The van der Waals surface area contributed by atoms with Gasteiger partial charge >= 0.3 is 0 Å². The van der Waals surface area contributed by atoms with E-state index in [4.69, 9.17) is 0 Å². The maximum absolute atomic E-state index is 11.6. The summed E-state index contributed by atoms with van der Waals surface area (Å²) in [6.45, 7) is -0.646. The molecule has 4 N–H and O–H groups in total. The molecule has 0 bridgehead atoms. The van der Waals surface area contributed by atoms with E-state index in [9.17, 15) is 24.0 Å². The number of hydrogen-bond acceptors (Lipinski definition) is 7. The monoisotopic (exact) mass is 446 g/mol. The van der Waals surface area contributed by atoms with Crippen LogP contribution in [0.5, 0.6) is 0 Å². The van der Waals surface area contributed by atoms with Crippen LogP contribution < -0.4 is 21.3 Å². The molecule has 0 aromatic heterocycles. The Balaban J connectivity index is 3.61. The molecule has 164 valence electrons. The summed E-state index contributed by atoms with van der Waals surface area (Å²) in [6.07, 6.45) is 4.41. The first-order valence-electron chi connectivity index (χ1n) is 9.60. The molecule has 0 aliphatic rings. The van der Waals surface area contributed by atoms with Gasteiger partial charge in [-0.3, -0.25) is 19.2 Å². The molecule has 0 rings (SSSR count). The first-order valence-corrected chi connectivity index (χ1v) is 11.4. The second-order valence-corrected chi connectivity index (χ2v) is 7.87. The van der Waals surface area contributed by atoms with Crippen molar-refractivity contribution in [3.63, 3.8) is 0 Å². The average Bonchev–Trinajstić information content (AvgIpc) is 2.69. The van der Waals surface area contributed by atoms with E-state index < -0.39 is 11.8 Å². The van der Waals surface area contributed by atoms with Gasteiger partial charge in [0.15, 0.2) is 7.85 Å². The normalized spacial score (nSPS) is 10.1. The Bertz CT molecular complexity index is 552. The third-order valence-electron chi connectivity index (χ3n) is 3.59. The van der Waals surface area contributed by atoms with Crippen molar-refractivity contribution in [2.24, 2.45) is 0 Å². The van der Waals surface area contributed by atoms with Gasteiger partial charge in [-0.05, 0) is 37.2 Å². The molecule has 0 heterocycles. The van der Waals surface area contributed by atoms with Crippen molar-refractivity contribution in [1.29, 1.82) is 0 Å². The van der Waals surface area contributed by atoms with Crippen LogP contribution in [0.4, 0.5) is 0 Å². The standard InChI is InChI=1S/C17H31BN4O5S2/c18-13(23)5-2-1-3-8-29-12-22-17(27)11-21-16(26)10-20-15(25)9-19-14(24)6-4-7-28/h28H,1-12,18H2,(H,19,24)(H,20,25)(H,21,26)(H,22,27). The van der Waals surface area contributed by atoms with Crippen molar-refractivity contribution in [1.82, 2.24) is 21.3 Å². The molecule has 0 aromatic rings. The Labute approximate surface area is 182 Å². The molecule has 0 saturated heterocycles. The Morgan fingerprint density at radius 2 is 1.24 bits per heavy atom. The summed E-state index contributed by atoms with van der Waals surface area (Å²) in [6, 6.07) is 0. The highest BCUT2D eigenvalue weighted by atomic mass is 32.2. The van der Waals surface area contributed by atoms with E-state index in [1.165, 1.54) is 0 Å². The lowest BCUT2D eigenvalue weighted by atomic mass is 9.97. The van der Waals surface area contributed by atoms with E-state index in [0.717, 1.165) is 25.0 Å². The third kappa shape index (κ3) is 19.4. The molecule has 0 saturated carbocycles. The largest absolute Gasteiger partial charge is 0.347 e. The molecule has 29 heavy (non-hydrogen) atoms. The van der Waals surface area contributed by atoms with Gasteiger partial charge in [0, 0.05) is 6.42 Å². The van der Waals surface area contributed by atoms with Crippen molar-refractivity contribution in [2.75, 3.05) is 37.0 Å². The highest BCUT2D eigenvalue weighted by Gasteiger charge is 2.09. The average molecular weight is 446 g/mol. The Hall–Kier alpha value is -1.69. The number of rotatable bonds is 17. The SMILES string of the molecule is BC(=O)CCCCCSCNC(=O)CNC(=O)CNC(=O)CNC(=O)CCCS. The molecule has 0 spiro atoms. The molecule has 4 amide bonds. The van der Waals surface area contributed by atoms with Gasteiger partial charge in [0.2, 0.25) is 23.6 Å². The molecule has 9 nitrogen and oxygen atoms in total. The number of carbonyl (C=O) groups is 5. The summed E-state index contributed by atoms with van der Waals surface area (Å²) < 4.78 is 0. The highest BCUT2D eigenvalue weighted by molar-refractivity contribution is 7.99. The van der Waals surface area contributed by atoms with Crippen LogP contribution in [0, 0.1) is 0 Å². The lowest BCUT2D eigenvalue weighted by Crippen LogP contribution is -2.44. The number of amides is 4. The molecular weight excluding hydrogens is 415 g/mol. The van der Waals surface area contributed by atoms with Gasteiger partial charge in [-0.1, -0.05) is 6.42 Å². The Morgan fingerprint density at radius 1 is 0.690 bits per heavy atom. The van der Waals surface area contributed by atoms with E-state index in [1.807, 2.05) is 0 Å². The number of unbranched alkanes of at least 4 members (excludes halogenated alkanes) is 2. The van der Waals surface area contributed by atoms with Crippen LogP contribution in [0.25, 0.3) is 0 Å². The third-order valence-corrected chi connectivity index (χ3v) is 4.83. The van der Waals surface area contributed by atoms with Crippen LogP contribution in [0.2, 0.25) is 0 Å². The summed E-state index contributed by atoms with van der Waals surface area (Å²) >= 11 is 5.57. The van der Waals surface area contributed by atoms with Gasteiger partial charge in [0.1, 0.15) is 0 Å². The van der Waals surface area contributed by atoms with E-state index in [0.29, 0.717) is 30.9 Å². The predicted octanol–water partition coefficient (Wildman–Crippen LogP) is -1.43. The minimum Gasteiger partial charge on any atom is -0.347 e. The van der Waals surface area contributed by atoms with Crippen LogP contribution in [0.3, 0.4) is 0 Å². The lowest BCUT2D eigenvalue weighted by Gasteiger charge is -2.08. The van der Waals surface area contributed by atoms with Crippen molar-refractivity contribution in [2.45, 2.75) is 38.5 Å². The quantitative estimate of drug-likeness (QED) is 0.0806. The first kappa shape index (κ1) is 27.3. The van der Waals surface area contributed by atoms with Crippen molar-refractivity contribution in [3.8, 4) is 0 Å². The summed E-state index contributed by atoms with van der Waals surface area (Å²) in [4.78, 5) is 57.0. The number of thiol groups is 1. The van der Waals surface area contributed by atoms with E-state index >= 15 is 0 Å². The molecule has 0 radical (unpaired) electrons. The zero-order chi connectivity index (χ0) is 21.9. The Morgan fingerprint density at radius 3 is 1.79 bits per heavy atom. The molecular formula is C17H31BN4O5S2. The van der Waals surface area contributed by atoms with Gasteiger partial charge in [-0.25, -0.2) is 0 Å². The molecule has 0 fully saturated rings. The minimum absolute atomic E-state index is 0.172. The number of nitrogens with one attached hydrogen (secondary N) is 4. The van der Waals surface area contributed by atoms with Gasteiger partial charge in [-0.2, -0.15) is 12.6 Å². The zero-order valence-electron chi connectivity index (χ0n) is 16.9. The topological polar surface area (TPSA) is 133 Å². The van der Waals surface area contributed by atoms with E-state index in [2.05, 4.69) is 33.9 Å². The molecule has 0 atom stereocenters. The number of carbonyl (C=O) groups excluding carboxylic acids is 5. The van der Waals surface area contributed by atoms with Crippen LogP contribution in [-0.4, -0.2) is 74.2 Å². The maximum Gasteiger partial charge on any atom is 0.240 e. The highest BCUT2D eigenvalue weighted by Crippen LogP contribution is 2.06. The number of thioether (sulfide) groups is 1. The smallest absolute Gasteiger partial charge is 0.240 e. The maximum atomic E-state index is 11.6. The fourth-order valence-corrected chi connectivity index (χ4v) is 2.98. The molecule has 0 unspecified atom stereocenters. The van der Waals surface area contributed by atoms with Crippen molar-refractivity contribution in [3.05, 3.63) is 0 Å². The minimum atomic E-state index is -0.493. The summed E-state index contributed by atoms with van der Waals surface area (Å²) in [5, 5.41) is 9.89. The van der Waals surface area contributed by atoms with Crippen LogP contribution in [-0.2, 0) is 24.0 Å². The van der Waals surface area contributed by atoms with Crippen LogP contribution >= 0.6 is 24.4 Å². The summed E-state index contributed by atoms with van der Waals surface area (Å²) in [5.74, 6) is 0.396. The Kier molecular flexibility index (Phi) is 17.3. The van der Waals surface area contributed by atoms with Crippen molar-refractivity contribution < 1.29 is 24.0 Å². The summed E-state index contributed by atoms with van der Waals surface area (Å²) in [7, 11) is 1.59. The van der Waals surface area contributed by atoms with Crippen LogP contribution in [0.15, 0.2) is 0 Å². The van der Waals surface area contributed by atoms with Gasteiger partial charge < -0.3 is 26.1 Å². The van der Waals surface area contributed by atoms with Crippen molar-refractivity contribution >= 4 is 61.5 Å². The number of hydrogen-bond donors (Lipinski definition) is 5. The van der Waals surface area contributed by atoms with E-state index in [-0.39, 0.29) is 37.1 Å². The zero-order valence-corrected chi connectivity index (χ0v) is 18.6. The second kappa shape index (κ2) is 18.4. The van der Waals surface area contributed by atoms with Gasteiger partial charge in [-0.15, -0.1) is 11.8 Å². The van der Waals surface area contributed by atoms with Crippen LogP contribution in [0.1, 0.15) is 38.5 Å². The summed E-state index contributed by atoms with van der Waals surface area (Å²) in [5.41, 5.74) is 0.207. The first-order chi connectivity index (χ1) is 13.8. The molecule has 0 aliphatic heterocycles. The fraction of sp³-hybridized carbons (Fsp3) is 0.706.